The van der Waals surface area contributed by atoms with Gasteiger partial charge in [-0.25, -0.2) is 14.0 Å². The summed E-state index contributed by atoms with van der Waals surface area (Å²) < 4.78 is 9.96. The lowest BCUT2D eigenvalue weighted by Gasteiger charge is -2.07. The highest BCUT2D eigenvalue weighted by atomic mass is 16.5. The molecule has 10 heteroatoms. The molecule has 3 aromatic heterocycles. The summed E-state index contributed by atoms with van der Waals surface area (Å²) >= 11 is 0. The zero-order valence-corrected chi connectivity index (χ0v) is 16.0. The molecule has 0 amide bonds. The molecule has 0 bridgehead atoms. The molecule has 0 unspecified atom stereocenters. The molecule has 0 atom stereocenters. The topological polar surface area (TPSA) is 106 Å². The van der Waals surface area contributed by atoms with Crippen molar-refractivity contribution in [1.29, 1.82) is 0 Å². The average Bonchev–Trinajstić information content (AvgIpc) is 3.23. The molecular weight excluding hydrogens is 352 g/mol. The van der Waals surface area contributed by atoms with Gasteiger partial charge in [0.15, 0.2) is 11.2 Å². The first kappa shape index (κ1) is 18.6. The highest BCUT2D eigenvalue weighted by Gasteiger charge is 2.22. The predicted molar refractivity (Wildman–Crippen MR) is 98.1 cm³/mol. The van der Waals surface area contributed by atoms with E-state index in [1.807, 2.05) is 19.9 Å². The number of nitrogens with zero attached hydrogens (tertiary/aromatic N) is 6. The summed E-state index contributed by atoms with van der Waals surface area (Å²) in [5.74, 6) is -0.242. The molecule has 0 aromatic carbocycles. The molecule has 0 aliphatic carbocycles. The maximum Gasteiger partial charge on any atom is 0.333 e. The fraction of sp³-hybridized carbons (Fsp3) is 0.471. The molecule has 0 saturated carbocycles. The summed E-state index contributed by atoms with van der Waals surface area (Å²) in [5, 5.41) is 4.55. The van der Waals surface area contributed by atoms with E-state index >= 15 is 0 Å². The minimum atomic E-state index is -0.677. The van der Waals surface area contributed by atoms with Crippen molar-refractivity contribution in [2.24, 2.45) is 14.1 Å². The van der Waals surface area contributed by atoms with Crippen molar-refractivity contribution >= 4 is 17.1 Å². The number of carbonyl (C=O) groups excluding carboxylic acids is 1. The quantitative estimate of drug-likeness (QED) is 0.578. The van der Waals surface area contributed by atoms with Crippen LogP contribution in [0.5, 0.6) is 0 Å². The SMILES string of the molecule is CCc1cc(CC)n(-c2nc3c(c(=O)n(CC(=O)OC)c(=O)n3C)n2C)n1. The van der Waals surface area contributed by atoms with Crippen LogP contribution in [0.4, 0.5) is 0 Å². The first-order valence-corrected chi connectivity index (χ1v) is 8.65. The summed E-state index contributed by atoms with van der Waals surface area (Å²) in [6.45, 7) is 3.56. The number of aryl methyl sites for hydroxylation is 4. The number of hydrogen-bond acceptors (Lipinski definition) is 6. The van der Waals surface area contributed by atoms with Crippen molar-refractivity contribution < 1.29 is 9.53 Å². The van der Waals surface area contributed by atoms with Crippen LogP contribution in [0.25, 0.3) is 17.1 Å². The molecule has 10 nitrogen and oxygen atoms in total. The van der Waals surface area contributed by atoms with Gasteiger partial charge in [-0.3, -0.25) is 14.2 Å². The molecule has 0 saturated heterocycles. The van der Waals surface area contributed by atoms with Gasteiger partial charge in [-0.1, -0.05) is 13.8 Å². The van der Waals surface area contributed by atoms with Gasteiger partial charge >= 0.3 is 11.7 Å². The molecule has 0 radical (unpaired) electrons. The van der Waals surface area contributed by atoms with E-state index in [9.17, 15) is 14.4 Å². The Balaban J connectivity index is 2.33. The number of fused-ring (bicyclic) bond motifs is 1. The number of esters is 1. The van der Waals surface area contributed by atoms with Crippen molar-refractivity contribution in [1.82, 2.24) is 28.5 Å². The van der Waals surface area contributed by atoms with Gasteiger partial charge in [0, 0.05) is 19.8 Å². The van der Waals surface area contributed by atoms with Gasteiger partial charge in [-0.05, 0) is 18.9 Å². The van der Waals surface area contributed by atoms with Crippen molar-refractivity contribution in [2.75, 3.05) is 7.11 Å². The fourth-order valence-electron chi connectivity index (χ4n) is 3.03. The summed E-state index contributed by atoms with van der Waals surface area (Å²) in [6, 6.07) is 1.99. The van der Waals surface area contributed by atoms with E-state index < -0.39 is 23.8 Å². The number of hydrogen-bond donors (Lipinski definition) is 0. The van der Waals surface area contributed by atoms with Gasteiger partial charge in [0.25, 0.3) is 5.56 Å². The second-order valence-corrected chi connectivity index (χ2v) is 6.20. The van der Waals surface area contributed by atoms with E-state index in [4.69, 9.17) is 0 Å². The zero-order chi connectivity index (χ0) is 19.9. The number of ether oxygens (including phenoxy) is 1. The normalized spacial score (nSPS) is 11.3. The summed E-state index contributed by atoms with van der Waals surface area (Å²) in [6.07, 6.45) is 1.51. The van der Waals surface area contributed by atoms with Crippen LogP contribution < -0.4 is 11.2 Å². The molecule has 0 spiro atoms. The van der Waals surface area contributed by atoms with Crippen LogP contribution in [0, 0.1) is 0 Å². The third kappa shape index (κ3) is 2.86. The van der Waals surface area contributed by atoms with E-state index in [2.05, 4.69) is 14.8 Å². The van der Waals surface area contributed by atoms with E-state index in [-0.39, 0.29) is 11.2 Å². The van der Waals surface area contributed by atoms with Crippen LogP contribution in [-0.2, 0) is 43.0 Å². The number of carbonyl (C=O) groups is 1. The largest absolute Gasteiger partial charge is 0.468 e. The maximum atomic E-state index is 12.9. The van der Waals surface area contributed by atoms with E-state index in [1.165, 1.54) is 18.7 Å². The Morgan fingerprint density at radius 1 is 1.15 bits per heavy atom. The van der Waals surface area contributed by atoms with Crippen LogP contribution >= 0.6 is 0 Å². The van der Waals surface area contributed by atoms with E-state index in [0.717, 1.165) is 28.8 Å². The average molecular weight is 374 g/mol. The molecule has 3 rings (SSSR count). The van der Waals surface area contributed by atoms with Crippen molar-refractivity contribution in [3.63, 3.8) is 0 Å². The fourth-order valence-corrected chi connectivity index (χ4v) is 3.03. The van der Waals surface area contributed by atoms with Crippen LogP contribution in [0.3, 0.4) is 0 Å². The minimum absolute atomic E-state index is 0.214. The maximum absolute atomic E-state index is 12.9. The number of imidazole rings is 1. The Kier molecular flexibility index (Phi) is 4.73. The van der Waals surface area contributed by atoms with Gasteiger partial charge in [0.05, 0.1) is 12.8 Å². The Bertz CT molecular complexity index is 1150. The first-order valence-electron chi connectivity index (χ1n) is 8.65. The lowest BCUT2D eigenvalue weighted by molar-refractivity contribution is -0.141. The number of methoxy groups -OCH3 is 1. The van der Waals surface area contributed by atoms with Gasteiger partial charge in [-0.15, -0.1) is 0 Å². The summed E-state index contributed by atoms with van der Waals surface area (Å²) in [7, 11) is 4.40. The number of rotatable bonds is 5. The van der Waals surface area contributed by atoms with Crippen molar-refractivity contribution in [3.8, 4) is 5.95 Å². The molecule has 0 N–H and O–H groups in total. The van der Waals surface area contributed by atoms with Gasteiger partial charge in [0.2, 0.25) is 5.95 Å². The Morgan fingerprint density at radius 3 is 2.44 bits per heavy atom. The molecule has 144 valence electrons. The van der Waals surface area contributed by atoms with Gasteiger partial charge < -0.3 is 9.30 Å². The second kappa shape index (κ2) is 6.86. The van der Waals surface area contributed by atoms with Gasteiger partial charge in [-0.2, -0.15) is 10.1 Å². The Morgan fingerprint density at radius 2 is 1.85 bits per heavy atom. The van der Waals surface area contributed by atoms with E-state index in [0.29, 0.717) is 5.95 Å². The Hall–Kier alpha value is -3.17. The summed E-state index contributed by atoms with van der Waals surface area (Å²) in [4.78, 5) is 41.5. The standard InChI is InChI=1S/C17H22N6O4/c1-6-10-8-11(7-2)23(19-10)16-18-14-13(20(16)3)15(25)22(9-12(24)27-5)17(26)21(14)4/h8H,6-7,9H2,1-5H3. The smallest absolute Gasteiger partial charge is 0.333 e. The Labute approximate surface area is 154 Å². The molecule has 0 fully saturated rings. The summed E-state index contributed by atoms with van der Waals surface area (Å²) in [5.41, 5.74) is 1.08. The van der Waals surface area contributed by atoms with Crippen LogP contribution in [0.15, 0.2) is 15.7 Å². The third-order valence-corrected chi connectivity index (χ3v) is 4.60. The zero-order valence-electron chi connectivity index (χ0n) is 16.0. The molecule has 27 heavy (non-hydrogen) atoms. The first-order chi connectivity index (χ1) is 12.8. The van der Waals surface area contributed by atoms with Crippen LogP contribution in [0.1, 0.15) is 25.2 Å². The predicted octanol–water partition coefficient (Wildman–Crippen LogP) is -0.0828. The third-order valence-electron chi connectivity index (χ3n) is 4.60. The molecule has 3 heterocycles. The lowest BCUT2D eigenvalue weighted by atomic mass is 10.3. The van der Waals surface area contributed by atoms with Crippen molar-refractivity contribution in [2.45, 2.75) is 33.2 Å². The lowest BCUT2D eigenvalue weighted by Crippen LogP contribution is -2.41. The highest BCUT2D eigenvalue weighted by Crippen LogP contribution is 2.16. The molecule has 0 aliphatic heterocycles. The van der Waals surface area contributed by atoms with Crippen LogP contribution in [-0.4, -0.2) is 41.5 Å². The second-order valence-electron chi connectivity index (χ2n) is 6.20. The molecule has 0 aliphatic rings. The minimum Gasteiger partial charge on any atom is -0.468 e. The van der Waals surface area contributed by atoms with Crippen LogP contribution in [0.2, 0.25) is 0 Å². The molecular formula is C17H22N6O4. The highest BCUT2D eigenvalue weighted by molar-refractivity contribution is 5.74. The molecule has 3 aromatic rings. The van der Waals surface area contributed by atoms with Crippen molar-refractivity contribution in [3.05, 3.63) is 38.3 Å². The van der Waals surface area contributed by atoms with E-state index in [1.54, 1.807) is 16.3 Å². The monoisotopic (exact) mass is 374 g/mol. The van der Waals surface area contributed by atoms with Gasteiger partial charge in [0.1, 0.15) is 6.54 Å². The number of aromatic nitrogens is 6.